The molecule has 0 spiro atoms. The Labute approximate surface area is 150 Å². The SMILES string of the molecule is CCN(Cc1cccs1)C(=O)c1cccnc1Nc1ccccc1F. The number of hydrogen-bond acceptors (Lipinski definition) is 4. The first-order valence-electron chi connectivity index (χ1n) is 7.97. The number of aromatic nitrogens is 1. The van der Waals surface area contributed by atoms with E-state index in [4.69, 9.17) is 0 Å². The number of rotatable bonds is 6. The molecule has 1 amide bonds. The molecule has 0 saturated heterocycles. The number of para-hydroxylation sites is 1. The number of nitrogens with zero attached hydrogens (tertiary/aromatic N) is 2. The summed E-state index contributed by atoms with van der Waals surface area (Å²) in [6.07, 6.45) is 1.58. The second kappa shape index (κ2) is 7.90. The van der Waals surface area contributed by atoms with Gasteiger partial charge in [-0.25, -0.2) is 9.37 Å². The minimum absolute atomic E-state index is 0.136. The van der Waals surface area contributed by atoms with Crippen molar-refractivity contribution in [2.24, 2.45) is 0 Å². The van der Waals surface area contributed by atoms with Crippen LogP contribution in [-0.2, 0) is 6.54 Å². The van der Waals surface area contributed by atoms with Gasteiger partial charge in [0.1, 0.15) is 11.6 Å². The Bertz CT molecular complexity index is 851. The van der Waals surface area contributed by atoms with Gasteiger partial charge in [-0.1, -0.05) is 18.2 Å². The lowest BCUT2D eigenvalue weighted by molar-refractivity contribution is 0.0755. The van der Waals surface area contributed by atoms with E-state index in [-0.39, 0.29) is 11.6 Å². The van der Waals surface area contributed by atoms with E-state index in [2.05, 4.69) is 10.3 Å². The first-order valence-corrected chi connectivity index (χ1v) is 8.85. The van der Waals surface area contributed by atoms with E-state index in [1.807, 2.05) is 24.4 Å². The van der Waals surface area contributed by atoms with Crippen LogP contribution in [0.5, 0.6) is 0 Å². The van der Waals surface area contributed by atoms with E-state index in [1.165, 1.54) is 6.07 Å². The number of halogens is 1. The van der Waals surface area contributed by atoms with Crippen molar-refractivity contribution in [3.8, 4) is 0 Å². The largest absolute Gasteiger partial charge is 0.337 e. The van der Waals surface area contributed by atoms with Crippen LogP contribution in [-0.4, -0.2) is 22.3 Å². The van der Waals surface area contributed by atoms with Crippen LogP contribution in [0.2, 0.25) is 0 Å². The second-order valence-electron chi connectivity index (χ2n) is 5.40. The second-order valence-corrected chi connectivity index (χ2v) is 6.44. The van der Waals surface area contributed by atoms with Gasteiger partial charge in [-0.05, 0) is 42.6 Å². The molecule has 0 aliphatic rings. The predicted molar refractivity (Wildman–Crippen MR) is 98.7 cm³/mol. The molecule has 0 saturated carbocycles. The minimum atomic E-state index is -0.391. The Morgan fingerprint density at radius 2 is 2.04 bits per heavy atom. The first-order chi connectivity index (χ1) is 12.2. The molecule has 1 N–H and O–H groups in total. The van der Waals surface area contributed by atoms with E-state index in [1.54, 1.807) is 52.8 Å². The van der Waals surface area contributed by atoms with Crippen molar-refractivity contribution in [1.29, 1.82) is 0 Å². The zero-order valence-corrected chi connectivity index (χ0v) is 14.6. The van der Waals surface area contributed by atoms with Crippen LogP contribution >= 0.6 is 11.3 Å². The summed E-state index contributed by atoms with van der Waals surface area (Å²) < 4.78 is 13.9. The van der Waals surface area contributed by atoms with Crippen LogP contribution in [0.1, 0.15) is 22.2 Å². The van der Waals surface area contributed by atoms with E-state index in [0.29, 0.717) is 24.5 Å². The molecule has 3 aromatic rings. The number of carbonyl (C=O) groups is 1. The van der Waals surface area contributed by atoms with Crippen LogP contribution in [0, 0.1) is 5.82 Å². The van der Waals surface area contributed by atoms with Crippen molar-refractivity contribution in [3.05, 3.63) is 76.4 Å². The molecule has 128 valence electrons. The number of amides is 1. The highest BCUT2D eigenvalue weighted by Gasteiger charge is 2.19. The van der Waals surface area contributed by atoms with E-state index in [0.717, 1.165) is 4.88 Å². The lowest BCUT2D eigenvalue weighted by Crippen LogP contribution is -2.30. The van der Waals surface area contributed by atoms with Crippen molar-refractivity contribution in [2.45, 2.75) is 13.5 Å². The van der Waals surface area contributed by atoms with Crippen LogP contribution < -0.4 is 5.32 Å². The smallest absolute Gasteiger partial charge is 0.257 e. The molecule has 0 aliphatic carbocycles. The normalized spacial score (nSPS) is 10.5. The summed E-state index contributed by atoms with van der Waals surface area (Å²) in [5.41, 5.74) is 0.709. The summed E-state index contributed by atoms with van der Waals surface area (Å²) in [4.78, 5) is 20.0. The molecule has 0 aliphatic heterocycles. The lowest BCUT2D eigenvalue weighted by atomic mass is 10.2. The van der Waals surface area contributed by atoms with Crippen molar-refractivity contribution < 1.29 is 9.18 Å². The number of anilines is 2. The zero-order valence-electron chi connectivity index (χ0n) is 13.8. The maximum absolute atomic E-state index is 13.9. The standard InChI is InChI=1S/C19H18FN3OS/c1-2-23(13-14-7-6-12-25-14)19(24)15-8-5-11-21-18(15)22-17-10-4-3-9-16(17)20/h3-12H,2,13H2,1H3,(H,21,22). The summed E-state index contributed by atoms with van der Waals surface area (Å²) >= 11 is 1.61. The number of carbonyl (C=O) groups excluding carboxylic acids is 1. The summed E-state index contributed by atoms with van der Waals surface area (Å²) in [7, 11) is 0. The van der Waals surface area contributed by atoms with Gasteiger partial charge in [0.15, 0.2) is 0 Å². The van der Waals surface area contributed by atoms with Crippen molar-refractivity contribution in [2.75, 3.05) is 11.9 Å². The summed E-state index contributed by atoms with van der Waals surface area (Å²) in [5, 5.41) is 4.92. The van der Waals surface area contributed by atoms with Gasteiger partial charge < -0.3 is 10.2 Å². The van der Waals surface area contributed by atoms with Gasteiger partial charge in [0.05, 0.1) is 17.8 Å². The third-order valence-corrected chi connectivity index (χ3v) is 4.62. The maximum Gasteiger partial charge on any atom is 0.257 e. The van der Waals surface area contributed by atoms with Crippen LogP contribution in [0.4, 0.5) is 15.9 Å². The maximum atomic E-state index is 13.9. The number of pyridine rings is 1. The van der Waals surface area contributed by atoms with Gasteiger partial charge >= 0.3 is 0 Å². The molecule has 0 fully saturated rings. The molecule has 0 radical (unpaired) electrons. The van der Waals surface area contributed by atoms with Gasteiger partial charge in [0.2, 0.25) is 0 Å². The average Bonchev–Trinajstić information content (AvgIpc) is 3.15. The molecular formula is C19H18FN3OS. The molecular weight excluding hydrogens is 337 g/mol. The van der Waals surface area contributed by atoms with E-state index >= 15 is 0 Å². The highest BCUT2D eigenvalue weighted by Crippen LogP contribution is 2.23. The van der Waals surface area contributed by atoms with Crippen molar-refractivity contribution >= 4 is 28.7 Å². The number of hydrogen-bond donors (Lipinski definition) is 1. The fraction of sp³-hybridized carbons (Fsp3) is 0.158. The Hall–Kier alpha value is -2.73. The topological polar surface area (TPSA) is 45.2 Å². The van der Waals surface area contributed by atoms with Crippen LogP contribution in [0.15, 0.2) is 60.1 Å². The Morgan fingerprint density at radius 1 is 1.20 bits per heavy atom. The molecule has 0 unspecified atom stereocenters. The zero-order chi connectivity index (χ0) is 17.6. The van der Waals surface area contributed by atoms with Gasteiger partial charge in [0.25, 0.3) is 5.91 Å². The molecule has 6 heteroatoms. The molecule has 2 heterocycles. The molecule has 2 aromatic heterocycles. The first kappa shape index (κ1) is 17.1. The van der Waals surface area contributed by atoms with Crippen LogP contribution in [0.25, 0.3) is 0 Å². The van der Waals surface area contributed by atoms with Gasteiger partial charge in [-0.2, -0.15) is 0 Å². The van der Waals surface area contributed by atoms with E-state index in [9.17, 15) is 9.18 Å². The monoisotopic (exact) mass is 355 g/mol. The molecule has 3 rings (SSSR count). The molecule has 25 heavy (non-hydrogen) atoms. The summed E-state index contributed by atoms with van der Waals surface area (Å²) in [6, 6.07) is 13.7. The number of nitrogens with one attached hydrogen (secondary N) is 1. The Kier molecular flexibility index (Phi) is 5.40. The quantitative estimate of drug-likeness (QED) is 0.698. The van der Waals surface area contributed by atoms with Gasteiger partial charge in [-0.15, -0.1) is 11.3 Å². The van der Waals surface area contributed by atoms with Crippen molar-refractivity contribution in [3.63, 3.8) is 0 Å². The third kappa shape index (κ3) is 4.03. The lowest BCUT2D eigenvalue weighted by Gasteiger charge is -2.21. The molecule has 4 nitrogen and oxygen atoms in total. The van der Waals surface area contributed by atoms with Crippen molar-refractivity contribution in [1.82, 2.24) is 9.88 Å². The Morgan fingerprint density at radius 3 is 2.76 bits per heavy atom. The fourth-order valence-corrected chi connectivity index (χ4v) is 3.18. The number of benzene rings is 1. The molecule has 0 bridgehead atoms. The predicted octanol–water partition coefficient (Wildman–Crippen LogP) is 4.69. The minimum Gasteiger partial charge on any atom is -0.337 e. The van der Waals surface area contributed by atoms with Gasteiger partial charge in [0, 0.05) is 17.6 Å². The highest BCUT2D eigenvalue weighted by atomic mass is 32.1. The number of thiophene rings is 1. The molecule has 0 atom stereocenters. The third-order valence-electron chi connectivity index (χ3n) is 3.76. The average molecular weight is 355 g/mol. The van der Waals surface area contributed by atoms with Gasteiger partial charge in [-0.3, -0.25) is 4.79 Å². The fourth-order valence-electron chi connectivity index (χ4n) is 2.46. The highest BCUT2D eigenvalue weighted by molar-refractivity contribution is 7.09. The van der Waals surface area contributed by atoms with Crippen LogP contribution in [0.3, 0.4) is 0 Å². The Balaban J connectivity index is 1.86. The summed E-state index contributed by atoms with van der Waals surface area (Å²) in [6.45, 7) is 3.05. The molecule has 1 aromatic carbocycles. The summed E-state index contributed by atoms with van der Waals surface area (Å²) in [5.74, 6) is -0.178. The van der Waals surface area contributed by atoms with E-state index < -0.39 is 5.82 Å².